The van der Waals surface area contributed by atoms with Crippen LogP contribution in [0.1, 0.15) is 21.8 Å². The molecule has 3 nitrogen and oxygen atoms in total. The molecule has 3 heteroatoms. The number of hydrogen-bond donors (Lipinski definition) is 0. The van der Waals surface area contributed by atoms with Crippen molar-refractivity contribution in [1.82, 2.24) is 4.98 Å². The standard InChI is InChI=1S/C15H9NO2/c1-12-8-9-13(11-16-12)5-2-3-6-14(17)15-7-4-10-18-15/h4,7-11H,1H3. The van der Waals surface area contributed by atoms with E-state index in [0.29, 0.717) is 0 Å². The van der Waals surface area contributed by atoms with E-state index in [0.717, 1.165) is 11.3 Å². The van der Waals surface area contributed by atoms with Crippen molar-refractivity contribution >= 4 is 5.78 Å². The van der Waals surface area contributed by atoms with E-state index in [-0.39, 0.29) is 11.5 Å². The summed E-state index contributed by atoms with van der Waals surface area (Å²) in [5.74, 6) is 10.1. The third-order valence-electron chi connectivity index (χ3n) is 2.10. The first-order chi connectivity index (χ1) is 8.75. The second kappa shape index (κ2) is 5.52. The molecule has 2 rings (SSSR count). The zero-order valence-corrected chi connectivity index (χ0v) is 9.73. The lowest BCUT2D eigenvalue weighted by atomic mass is 10.2. The number of furan rings is 1. The normalized spacial score (nSPS) is 8.72. The molecule has 0 radical (unpaired) electrons. The number of rotatable bonds is 1. The molecule has 0 spiro atoms. The van der Waals surface area contributed by atoms with Gasteiger partial charge in [-0.05, 0) is 49.0 Å². The Morgan fingerprint density at radius 1 is 1.28 bits per heavy atom. The van der Waals surface area contributed by atoms with E-state index < -0.39 is 0 Å². The van der Waals surface area contributed by atoms with E-state index in [2.05, 4.69) is 28.7 Å². The monoisotopic (exact) mass is 235 g/mol. The van der Waals surface area contributed by atoms with Gasteiger partial charge in [0.15, 0.2) is 5.76 Å². The number of carbonyl (C=O) groups excluding carboxylic acids is 1. The Kier molecular flexibility index (Phi) is 3.59. The highest BCUT2D eigenvalue weighted by molar-refractivity contribution is 6.07. The quantitative estimate of drug-likeness (QED) is 0.432. The number of nitrogens with zero attached hydrogens (tertiary/aromatic N) is 1. The van der Waals surface area contributed by atoms with Gasteiger partial charge in [0, 0.05) is 17.5 Å². The summed E-state index contributed by atoms with van der Waals surface area (Å²) in [5.41, 5.74) is 1.69. The average Bonchev–Trinajstić information content (AvgIpc) is 2.90. The highest BCUT2D eigenvalue weighted by Gasteiger charge is 2.02. The first-order valence-corrected chi connectivity index (χ1v) is 5.28. The largest absolute Gasteiger partial charge is 0.460 e. The lowest BCUT2D eigenvalue weighted by molar-refractivity contribution is 0.103. The van der Waals surface area contributed by atoms with Crippen LogP contribution in [0.15, 0.2) is 41.1 Å². The molecule has 0 aromatic carbocycles. The molecular weight excluding hydrogens is 226 g/mol. The molecule has 0 N–H and O–H groups in total. The Balaban J connectivity index is 2.05. The van der Waals surface area contributed by atoms with Gasteiger partial charge in [-0.3, -0.25) is 9.78 Å². The average molecular weight is 235 g/mol. The minimum absolute atomic E-state index is 0.223. The Morgan fingerprint density at radius 3 is 2.83 bits per heavy atom. The SMILES string of the molecule is Cc1ccc(C#CC#CC(=O)c2ccco2)cn1. The molecule has 86 valence electrons. The summed E-state index contributed by atoms with van der Waals surface area (Å²) in [4.78, 5) is 15.5. The van der Waals surface area contributed by atoms with E-state index >= 15 is 0 Å². The van der Waals surface area contributed by atoms with Crippen LogP contribution in [0.4, 0.5) is 0 Å². The number of aromatic nitrogens is 1. The molecule has 2 heterocycles. The molecule has 0 amide bonds. The first-order valence-electron chi connectivity index (χ1n) is 5.28. The minimum atomic E-state index is -0.378. The van der Waals surface area contributed by atoms with E-state index in [1.807, 2.05) is 19.1 Å². The summed E-state index contributed by atoms with van der Waals surface area (Å²) in [5, 5.41) is 0. The third kappa shape index (κ3) is 3.10. The smallest absolute Gasteiger partial charge is 0.272 e. The molecule has 0 saturated heterocycles. The molecule has 0 unspecified atom stereocenters. The number of pyridine rings is 1. The van der Waals surface area contributed by atoms with Crippen LogP contribution in [0.2, 0.25) is 0 Å². The van der Waals surface area contributed by atoms with Crippen LogP contribution in [-0.2, 0) is 0 Å². The fourth-order valence-electron chi connectivity index (χ4n) is 1.20. The van der Waals surface area contributed by atoms with Crippen molar-refractivity contribution in [2.45, 2.75) is 6.92 Å². The van der Waals surface area contributed by atoms with E-state index in [9.17, 15) is 4.79 Å². The molecular formula is C15H9NO2. The van der Waals surface area contributed by atoms with Gasteiger partial charge in [-0.2, -0.15) is 0 Å². The van der Waals surface area contributed by atoms with Crippen molar-refractivity contribution < 1.29 is 9.21 Å². The fourth-order valence-corrected chi connectivity index (χ4v) is 1.20. The molecule has 18 heavy (non-hydrogen) atoms. The summed E-state index contributed by atoms with van der Waals surface area (Å²) < 4.78 is 4.91. The predicted octanol–water partition coefficient (Wildman–Crippen LogP) is 2.22. The number of aryl methyl sites for hydroxylation is 1. The maximum Gasteiger partial charge on any atom is 0.272 e. The molecule has 0 saturated carbocycles. The van der Waals surface area contributed by atoms with Gasteiger partial charge in [0.25, 0.3) is 5.78 Å². The van der Waals surface area contributed by atoms with E-state index in [1.54, 1.807) is 18.3 Å². The summed E-state index contributed by atoms with van der Waals surface area (Å²) in [7, 11) is 0. The van der Waals surface area contributed by atoms with Crippen LogP contribution in [0.5, 0.6) is 0 Å². The van der Waals surface area contributed by atoms with Crippen molar-refractivity contribution in [3.63, 3.8) is 0 Å². The minimum Gasteiger partial charge on any atom is -0.460 e. The van der Waals surface area contributed by atoms with Crippen LogP contribution in [-0.4, -0.2) is 10.8 Å². The van der Waals surface area contributed by atoms with Crippen LogP contribution >= 0.6 is 0 Å². The van der Waals surface area contributed by atoms with Gasteiger partial charge in [0.2, 0.25) is 0 Å². The summed E-state index contributed by atoms with van der Waals surface area (Å²) in [6.07, 6.45) is 3.09. The molecule has 0 aliphatic heterocycles. The highest BCUT2D eigenvalue weighted by atomic mass is 16.3. The van der Waals surface area contributed by atoms with Gasteiger partial charge in [-0.25, -0.2) is 0 Å². The van der Waals surface area contributed by atoms with Crippen molar-refractivity contribution in [3.05, 3.63) is 53.7 Å². The van der Waals surface area contributed by atoms with Crippen molar-refractivity contribution in [1.29, 1.82) is 0 Å². The van der Waals surface area contributed by atoms with Gasteiger partial charge in [0.1, 0.15) is 0 Å². The Bertz CT molecular complexity index is 659. The fraction of sp³-hybridized carbons (Fsp3) is 0.0667. The molecule has 0 bridgehead atoms. The zero-order chi connectivity index (χ0) is 12.8. The van der Waals surface area contributed by atoms with E-state index in [4.69, 9.17) is 4.42 Å². The van der Waals surface area contributed by atoms with Crippen LogP contribution in [0, 0.1) is 30.6 Å². The lowest BCUT2D eigenvalue weighted by Gasteiger charge is -1.89. The lowest BCUT2D eigenvalue weighted by Crippen LogP contribution is -1.90. The van der Waals surface area contributed by atoms with Crippen LogP contribution < -0.4 is 0 Å². The molecule has 0 aliphatic rings. The van der Waals surface area contributed by atoms with E-state index in [1.165, 1.54) is 6.26 Å². The summed E-state index contributed by atoms with van der Waals surface area (Å²) >= 11 is 0. The molecule has 2 aromatic heterocycles. The Labute approximate surface area is 105 Å². The maximum atomic E-state index is 11.4. The molecule has 0 aliphatic carbocycles. The van der Waals surface area contributed by atoms with Crippen LogP contribution in [0.3, 0.4) is 0 Å². The van der Waals surface area contributed by atoms with Gasteiger partial charge in [0.05, 0.1) is 6.26 Å². The van der Waals surface area contributed by atoms with Gasteiger partial charge < -0.3 is 4.42 Å². The number of ketones is 1. The first kappa shape index (κ1) is 11.7. The van der Waals surface area contributed by atoms with Crippen molar-refractivity contribution in [2.24, 2.45) is 0 Å². The Hall–Kier alpha value is -2.78. The van der Waals surface area contributed by atoms with Crippen LogP contribution in [0.25, 0.3) is 0 Å². The van der Waals surface area contributed by atoms with Crippen molar-refractivity contribution in [3.8, 4) is 23.7 Å². The summed E-state index contributed by atoms with van der Waals surface area (Å²) in [6, 6.07) is 6.92. The van der Waals surface area contributed by atoms with Crippen molar-refractivity contribution in [2.75, 3.05) is 0 Å². The van der Waals surface area contributed by atoms with Gasteiger partial charge in [-0.15, -0.1) is 0 Å². The zero-order valence-electron chi connectivity index (χ0n) is 9.73. The molecule has 0 atom stereocenters. The van der Waals surface area contributed by atoms with Gasteiger partial charge >= 0.3 is 0 Å². The summed E-state index contributed by atoms with van der Waals surface area (Å²) in [6.45, 7) is 1.90. The topological polar surface area (TPSA) is 43.1 Å². The molecule has 0 fully saturated rings. The number of carbonyl (C=O) groups is 1. The molecule has 2 aromatic rings. The maximum absolute atomic E-state index is 11.4. The number of hydrogen-bond acceptors (Lipinski definition) is 3. The second-order valence-corrected chi connectivity index (χ2v) is 3.49. The Morgan fingerprint density at radius 2 is 2.17 bits per heavy atom. The predicted molar refractivity (Wildman–Crippen MR) is 66.7 cm³/mol. The van der Waals surface area contributed by atoms with Gasteiger partial charge in [-0.1, -0.05) is 5.92 Å². The highest BCUT2D eigenvalue weighted by Crippen LogP contribution is 1.99. The second-order valence-electron chi connectivity index (χ2n) is 3.49. The third-order valence-corrected chi connectivity index (χ3v) is 2.10. The number of Topliss-reactive ketones (excluding diaryl/α,β-unsaturated/α-hetero) is 1.